The highest BCUT2D eigenvalue weighted by Gasteiger charge is 2.20. The quantitative estimate of drug-likeness (QED) is 0.762. The summed E-state index contributed by atoms with van der Waals surface area (Å²) in [5.74, 6) is 0.892. The molecular weight excluding hydrogens is 270 g/mol. The second-order valence-electron chi connectivity index (χ2n) is 4.49. The molecule has 21 heavy (non-hydrogen) atoms. The predicted molar refractivity (Wildman–Crippen MR) is 78.4 cm³/mol. The van der Waals surface area contributed by atoms with Crippen LogP contribution in [0, 0.1) is 0 Å². The van der Waals surface area contributed by atoms with E-state index in [4.69, 9.17) is 13.9 Å². The van der Waals surface area contributed by atoms with Crippen LogP contribution in [0.15, 0.2) is 28.7 Å². The number of carbonyl (C=O) groups is 1. The minimum atomic E-state index is -0.497. The van der Waals surface area contributed by atoms with Crippen LogP contribution in [0.1, 0.15) is 36.5 Å². The number of esters is 1. The molecule has 1 aromatic carbocycles. The smallest absolute Gasteiger partial charge is 0.376 e. The molecule has 0 spiro atoms. The number of methoxy groups -OCH3 is 1. The lowest BCUT2D eigenvalue weighted by molar-refractivity contribution is 0.0564. The number of carbonyl (C=O) groups excluding carboxylic acids is 1. The Bertz CT molecular complexity index is 601. The van der Waals surface area contributed by atoms with Gasteiger partial charge in [0.15, 0.2) is 0 Å². The highest BCUT2D eigenvalue weighted by atomic mass is 16.5. The van der Waals surface area contributed by atoms with Crippen LogP contribution in [-0.2, 0) is 11.2 Å². The maximum atomic E-state index is 11.7. The standard InChI is InChI=1S/C16H19NO4/c1-4-6-13-14(16(18)19-3)21-15(17-13)11-7-9-12(10-8-11)20-5-2/h7-10H,4-6H2,1-3H3. The van der Waals surface area contributed by atoms with E-state index in [1.54, 1.807) is 0 Å². The molecule has 0 amide bonds. The van der Waals surface area contributed by atoms with E-state index in [1.807, 2.05) is 38.1 Å². The van der Waals surface area contributed by atoms with Crippen molar-refractivity contribution in [2.75, 3.05) is 13.7 Å². The molecule has 0 aliphatic heterocycles. The molecule has 0 radical (unpaired) electrons. The Kier molecular flexibility index (Phi) is 4.98. The average Bonchev–Trinajstić information content (AvgIpc) is 2.92. The summed E-state index contributed by atoms with van der Waals surface area (Å²) in [6.45, 7) is 4.57. The van der Waals surface area contributed by atoms with Gasteiger partial charge in [0, 0.05) is 5.56 Å². The van der Waals surface area contributed by atoms with Crippen molar-refractivity contribution in [3.05, 3.63) is 35.7 Å². The van der Waals surface area contributed by atoms with Crippen LogP contribution < -0.4 is 4.74 Å². The monoisotopic (exact) mass is 289 g/mol. The Morgan fingerprint density at radius 3 is 2.52 bits per heavy atom. The molecule has 1 heterocycles. The number of hydrogen-bond donors (Lipinski definition) is 0. The van der Waals surface area contributed by atoms with Crippen molar-refractivity contribution in [2.45, 2.75) is 26.7 Å². The summed E-state index contributed by atoms with van der Waals surface area (Å²) in [4.78, 5) is 16.1. The van der Waals surface area contributed by atoms with Crippen LogP contribution >= 0.6 is 0 Å². The fraction of sp³-hybridized carbons (Fsp3) is 0.375. The van der Waals surface area contributed by atoms with Gasteiger partial charge in [0.1, 0.15) is 5.75 Å². The third-order valence-electron chi connectivity index (χ3n) is 2.97. The van der Waals surface area contributed by atoms with E-state index in [-0.39, 0.29) is 5.76 Å². The zero-order valence-corrected chi connectivity index (χ0v) is 12.5. The molecule has 0 saturated carbocycles. The fourth-order valence-electron chi connectivity index (χ4n) is 1.99. The summed E-state index contributed by atoms with van der Waals surface area (Å²) < 4.78 is 15.7. The molecule has 5 nitrogen and oxygen atoms in total. The molecule has 0 saturated heterocycles. The van der Waals surface area contributed by atoms with E-state index in [0.29, 0.717) is 24.6 Å². The maximum absolute atomic E-state index is 11.7. The van der Waals surface area contributed by atoms with Gasteiger partial charge in [-0.1, -0.05) is 13.3 Å². The summed E-state index contributed by atoms with van der Waals surface area (Å²) in [6, 6.07) is 7.40. The lowest BCUT2D eigenvalue weighted by Crippen LogP contribution is -2.03. The van der Waals surface area contributed by atoms with Gasteiger partial charge in [-0.05, 0) is 37.6 Å². The molecule has 0 aliphatic carbocycles. The molecular formula is C16H19NO4. The van der Waals surface area contributed by atoms with Crippen LogP contribution in [0.2, 0.25) is 0 Å². The molecule has 1 aromatic heterocycles. The lowest BCUT2D eigenvalue weighted by Gasteiger charge is -2.02. The van der Waals surface area contributed by atoms with Crippen LogP contribution in [0.3, 0.4) is 0 Å². The average molecular weight is 289 g/mol. The van der Waals surface area contributed by atoms with Gasteiger partial charge < -0.3 is 13.9 Å². The topological polar surface area (TPSA) is 61.6 Å². The van der Waals surface area contributed by atoms with Crippen LogP contribution in [0.5, 0.6) is 5.75 Å². The number of benzene rings is 1. The van der Waals surface area contributed by atoms with Crippen molar-refractivity contribution in [1.29, 1.82) is 0 Å². The molecule has 5 heteroatoms. The number of hydrogen-bond acceptors (Lipinski definition) is 5. The maximum Gasteiger partial charge on any atom is 0.376 e. The first-order valence-electron chi connectivity index (χ1n) is 7.00. The first kappa shape index (κ1) is 15.1. The van der Waals surface area contributed by atoms with Gasteiger partial charge >= 0.3 is 5.97 Å². The Morgan fingerprint density at radius 1 is 1.24 bits per heavy atom. The van der Waals surface area contributed by atoms with Crippen molar-refractivity contribution < 1.29 is 18.7 Å². The molecule has 0 N–H and O–H groups in total. The molecule has 0 bridgehead atoms. The molecule has 2 aromatic rings. The summed E-state index contributed by atoms with van der Waals surface area (Å²) in [5.41, 5.74) is 1.43. The summed E-state index contributed by atoms with van der Waals surface area (Å²) in [6.07, 6.45) is 1.55. The number of oxazole rings is 1. The number of aryl methyl sites for hydroxylation is 1. The van der Waals surface area contributed by atoms with E-state index < -0.39 is 5.97 Å². The Labute approximate surface area is 123 Å². The molecule has 2 rings (SSSR count). The minimum absolute atomic E-state index is 0.184. The zero-order chi connectivity index (χ0) is 15.2. The van der Waals surface area contributed by atoms with Gasteiger partial charge in [-0.2, -0.15) is 0 Å². The number of rotatable bonds is 6. The number of ether oxygens (including phenoxy) is 2. The molecule has 0 aliphatic rings. The van der Waals surface area contributed by atoms with Gasteiger partial charge in [-0.3, -0.25) is 0 Å². The lowest BCUT2D eigenvalue weighted by atomic mass is 10.2. The second-order valence-corrected chi connectivity index (χ2v) is 4.49. The van der Waals surface area contributed by atoms with Gasteiger partial charge in [-0.15, -0.1) is 0 Å². The molecule has 0 atom stereocenters. The van der Waals surface area contributed by atoms with Gasteiger partial charge in [-0.25, -0.2) is 9.78 Å². The van der Waals surface area contributed by atoms with Crippen molar-refractivity contribution in [2.24, 2.45) is 0 Å². The highest BCUT2D eigenvalue weighted by Crippen LogP contribution is 2.25. The molecule has 112 valence electrons. The van der Waals surface area contributed by atoms with Crippen molar-refractivity contribution in [1.82, 2.24) is 4.98 Å². The third-order valence-corrected chi connectivity index (χ3v) is 2.97. The van der Waals surface area contributed by atoms with Crippen molar-refractivity contribution >= 4 is 5.97 Å². The van der Waals surface area contributed by atoms with Gasteiger partial charge in [0.25, 0.3) is 0 Å². The van der Waals surface area contributed by atoms with Crippen LogP contribution in [0.4, 0.5) is 0 Å². The fourth-order valence-corrected chi connectivity index (χ4v) is 1.99. The predicted octanol–water partition coefficient (Wildman–Crippen LogP) is 3.48. The second kappa shape index (κ2) is 6.92. The van der Waals surface area contributed by atoms with Crippen LogP contribution in [0.25, 0.3) is 11.5 Å². The molecule has 0 unspecified atom stereocenters. The number of nitrogens with zero attached hydrogens (tertiary/aromatic N) is 1. The summed E-state index contributed by atoms with van der Waals surface area (Å²) in [5, 5.41) is 0. The van der Waals surface area contributed by atoms with E-state index in [9.17, 15) is 4.79 Å². The first-order chi connectivity index (χ1) is 10.2. The van der Waals surface area contributed by atoms with Crippen molar-refractivity contribution in [3.8, 4) is 17.2 Å². The normalized spacial score (nSPS) is 10.4. The van der Waals surface area contributed by atoms with E-state index in [2.05, 4.69) is 4.98 Å². The van der Waals surface area contributed by atoms with E-state index >= 15 is 0 Å². The Balaban J connectivity index is 2.32. The minimum Gasteiger partial charge on any atom is -0.494 e. The van der Waals surface area contributed by atoms with Crippen molar-refractivity contribution in [3.63, 3.8) is 0 Å². The van der Waals surface area contributed by atoms with Crippen LogP contribution in [-0.4, -0.2) is 24.7 Å². The van der Waals surface area contributed by atoms with Gasteiger partial charge in [0.2, 0.25) is 11.7 Å². The first-order valence-corrected chi connectivity index (χ1v) is 7.00. The summed E-state index contributed by atoms with van der Waals surface area (Å²) >= 11 is 0. The highest BCUT2D eigenvalue weighted by molar-refractivity contribution is 5.88. The Hall–Kier alpha value is -2.30. The zero-order valence-electron chi connectivity index (χ0n) is 12.5. The largest absolute Gasteiger partial charge is 0.494 e. The van der Waals surface area contributed by atoms with E-state index in [0.717, 1.165) is 17.7 Å². The molecule has 0 fully saturated rings. The summed E-state index contributed by atoms with van der Waals surface area (Å²) in [7, 11) is 1.33. The Morgan fingerprint density at radius 2 is 1.95 bits per heavy atom. The number of aromatic nitrogens is 1. The van der Waals surface area contributed by atoms with Gasteiger partial charge in [0.05, 0.1) is 19.4 Å². The third kappa shape index (κ3) is 3.42. The SMILES string of the molecule is CCCc1nc(-c2ccc(OCC)cc2)oc1C(=O)OC. The van der Waals surface area contributed by atoms with E-state index in [1.165, 1.54) is 7.11 Å².